The fourth-order valence-electron chi connectivity index (χ4n) is 2.32. The molecule has 1 aromatic heterocycles. The van der Waals surface area contributed by atoms with Gasteiger partial charge in [0.1, 0.15) is 5.75 Å². The van der Waals surface area contributed by atoms with E-state index < -0.39 is 10.0 Å². The molecule has 0 atom stereocenters. The summed E-state index contributed by atoms with van der Waals surface area (Å²) in [7, 11) is -3.66. The smallest absolute Gasteiger partial charge is 0.261 e. The average molecular weight is 331 g/mol. The molecule has 0 radical (unpaired) electrons. The van der Waals surface area contributed by atoms with Crippen LogP contribution in [0.15, 0.2) is 47.5 Å². The predicted octanol–water partition coefficient (Wildman–Crippen LogP) is 3.07. The summed E-state index contributed by atoms with van der Waals surface area (Å²) < 4.78 is 33.1. The number of benzene rings is 2. The molecule has 0 aliphatic rings. The number of nitrogens with zero attached hydrogens (tertiary/aromatic N) is 1. The maximum Gasteiger partial charge on any atom is 0.261 e. The van der Waals surface area contributed by atoms with Crippen LogP contribution in [0.2, 0.25) is 0 Å². The van der Waals surface area contributed by atoms with Crippen LogP contribution in [0.25, 0.3) is 10.9 Å². The number of hydrogen-bond acceptors (Lipinski definition) is 4. The number of sulfonamides is 1. The van der Waals surface area contributed by atoms with E-state index in [1.807, 2.05) is 13.8 Å². The molecule has 0 spiro atoms. The fourth-order valence-corrected chi connectivity index (χ4v) is 3.46. The van der Waals surface area contributed by atoms with Crippen molar-refractivity contribution in [3.8, 4) is 5.75 Å². The maximum absolute atomic E-state index is 12.5. The van der Waals surface area contributed by atoms with Crippen molar-refractivity contribution >= 4 is 26.6 Å². The molecule has 7 heteroatoms. The molecule has 0 saturated heterocycles. The number of ether oxygens (including phenoxy) is 1. The number of rotatable bonds is 5. The SMILES string of the molecule is CCOc1ccc(S(=O)(=O)Nc2ccc3cn[nH]c3c2)cc1C. The Morgan fingerprint density at radius 3 is 2.78 bits per heavy atom. The average Bonchev–Trinajstić information content (AvgIpc) is 2.96. The maximum atomic E-state index is 12.5. The van der Waals surface area contributed by atoms with E-state index in [4.69, 9.17) is 4.74 Å². The van der Waals surface area contributed by atoms with E-state index >= 15 is 0 Å². The highest BCUT2D eigenvalue weighted by molar-refractivity contribution is 7.92. The minimum absolute atomic E-state index is 0.197. The van der Waals surface area contributed by atoms with E-state index in [1.165, 1.54) is 6.07 Å². The lowest BCUT2D eigenvalue weighted by molar-refractivity contribution is 0.337. The highest BCUT2D eigenvalue weighted by Gasteiger charge is 2.16. The molecule has 0 fully saturated rings. The monoisotopic (exact) mass is 331 g/mol. The summed E-state index contributed by atoms with van der Waals surface area (Å²) in [5.41, 5.74) is 2.03. The zero-order chi connectivity index (χ0) is 16.4. The molecule has 2 N–H and O–H groups in total. The van der Waals surface area contributed by atoms with Gasteiger partial charge in [0.15, 0.2) is 0 Å². The molecule has 0 unspecified atom stereocenters. The zero-order valence-electron chi connectivity index (χ0n) is 12.8. The normalized spacial score (nSPS) is 11.6. The minimum Gasteiger partial charge on any atom is -0.494 e. The molecule has 2 aromatic carbocycles. The zero-order valence-corrected chi connectivity index (χ0v) is 13.6. The number of hydrogen-bond donors (Lipinski definition) is 2. The molecular weight excluding hydrogens is 314 g/mol. The van der Waals surface area contributed by atoms with Gasteiger partial charge in [-0.05, 0) is 55.8 Å². The Hall–Kier alpha value is -2.54. The first-order valence-corrected chi connectivity index (χ1v) is 8.67. The van der Waals surface area contributed by atoms with Gasteiger partial charge in [-0.2, -0.15) is 5.10 Å². The van der Waals surface area contributed by atoms with Gasteiger partial charge in [0, 0.05) is 5.39 Å². The van der Waals surface area contributed by atoms with Gasteiger partial charge in [-0.15, -0.1) is 0 Å². The molecule has 0 bridgehead atoms. The van der Waals surface area contributed by atoms with Crippen LogP contribution >= 0.6 is 0 Å². The first-order valence-electron chi connectivity index (χ1n) is 7.19. The molecule has 1 heterocycles. The van der Waals surface area contributed by atoms with Crippen LogP contribution in [0, 0.1) is 6.92 Å². The lowest BCUT2D eigenvalue weighted by Gasteiger charge is -2.11. The third kappa shape index (κ3) is 3.14. The fraction of sp³-hybridized carbons (Fsp3) is 0.188. The van der Waals surface area contributed by atoms with Gasteiger partial charge in [0.25, 0.3) is 10.0 Å². The largest absolute Gasteiger partial charge is 0.494 e. The van der Waals surface area contributed by atoms with Crippen molar-refractivity contribution in [3.63, 3.8) is 0 Å². The topological polar surface area (TPSA) is 84.1 Å². The van der Waals surface area contributed by atoms with Gasteiger partial charge in [0.05, 0.1) is 28.9 Å². The summed E-state index contributed by atoms with van der Waals surface area (Å²) in [6, 6.07) is 10.0. The number of aromatic amines is 1. The van der Waals surface area contributed by atoms with E-state index in [1.54, 1.807) is 36.5 Å². The highest BCUT2D eigenvalue weighted by atomic mass is 32.2. The van der Waals surface area contributed by atoms with Crippen LogP contribution < -0.4 is 9.46 Å². The predicted molar refractivity (Wildman–Crippen MR) is 89.3 cm³/mol. The lowest BCUT2D eigenvalue weighted by atomic mass is 10.2. The number of H-pyrrole nitrogens is 1. The van der Waals surface area contributed by atoms with Crippen molar-refractivity contribution in [3.05, 3.63) is 48.2 Å². The van der Waals surface area contributed by atoms with Crippen LogP contribution in [-0.4, -0.2) is 25.2 Å². The van der Waals surface area contributed by atoms with Crippen molar-refractivity contribution in [2.75, 3.05) is 11.3 Å². The van der Waals surface area contributed by atoms with Crippen LogP contribution in [0.5, 0.6) is 5.75 Å². The lowest BCUT2D eigenvalue weighted by Crippen LogP contribution is -2.13. The molecule has 3 aromatic rings. The van der Waals surface area contributed by atoms with E-state index in [-0.39, 0.29) is 4.90 Å². The number of aromatic nitrogens is 2. The van der Waals surface area contributed by atoms with Crippen molar-refractivity contribution in [1.29, 1.82) is 0 Å². The molecule has 0 aliphatic carbocycles. The van der Waals surface area contributed by atoms with E-state index in [9.17, 15) is 8.42 Å². The highest BCUT2D eigenvalue weighted by Crippen LogP contribution is 2.24. The van der Waals surface area contributed by atoms with Crippen LogP contribution in [0.4, 0.5) is 5.69 Å². The molecule has 6 nitrogen and oxygen atoms in total. The number of anilines is 1. The third-order valence-corrected chi connectivity index (χ3v) is 4.83. The Labute approximate surface area is 134 Å². The van der Waals surface area contributed by atoms with Crippen LogP contribution in [0.3, 0.4) is 0 Å². The van der Waals surface area contributed by atoms with Crippen molar-refractivity contribution < 1.29 is 13.2 Å². The third-order valence-electron chi connectivity index (χ3n) is 3.45. The van der Waals surface area contributed by atoms with Crippen molar-refractivity contribution in [1.82, 2.24) is 10.2 Å². The molecular formula is C16H17N3O3S. The minimum atomic E-state index is -3.66. The van der Waals surface area contributed by atoms with Crippen molar-refractivity contribution in [2.45, 2.75) is 18.7 Å². The van der Waals surface area contributed by atoms with Crippen LogP contribution in [0.1, 0.15) is 12.5 Å². The standard InChI is InChI=1S/C16H17N3O3S/c1-3-22-16-7-6-14(8-11(16)2)23(20,21)19-13-5-4-12-10-17-18-15(12)9-13/h4-10,19H,3H2,1-2H3,(H,17,18). The number of aryl methyl sites for hydroxylation is 1. The summed E-state index contributed by atoms with van der Waals surface area (Å²) in [6.07, 6.45) is 1.68. The summed E-state index contributed by atoms with van der Waals surface area (Å²) >= 11 is 0. The Kier molecular flexibility index (Phi) is 3.96. The van der Waals surface area contributed by atoms with Gasteiger partial charge >= 0.3 is 0 Å². The van der Waals surface area contributed by atoms with Gasteiger partial charge in [-0.3, -0.25) is 9.82 Å². The van der Waals surface area contributed by atoms with Gasteiger partial charge in [-0.25, -0.2) is 8.42 Å². The number of fused-ring (bicyclic) bond motifs is 1. The molecule has 0 aliphatic heterocycles. The van der Waals surface area contributed by atoms with Crippen LogP contribution in [-0.2, 0) is 10.0 Å². The summed E-state index contributed by atoms with van der Waals surface area (Å²) in [6.45, 7) is 4.24. The summed E-state index contributed by atoms with van der Waals surface area (Å²) in [5, 5.41) is 7.66. The quantitative estimate of drug-likeness (QED) is 0.752. The first kappa shape index (κ1) is 15.4. The Balaban J connectivity index is 1.90. The summed E-state index contributed by atoms with van der Waals surface area (Å²) in [4.78, 5) is 0.197. The van der Waals surface area contributed by atoms with Gasteiger partial charge in [0.2, 0.25) is 0 Å². The van der Waals surface area contributed by atoms with Gasteiger partial charge in [-0.1, -0.05) is 0 Å². The van der Waals surface area contributed by atoms with E-state index in [2.05, 4.69) is 14.9 Å². The van der Waals surface area contributed by atoms with Crippen molar-refractivity contribution in [2.24, 2.45) is 0 Å². The Morgan fingerprint density at radius 1 is 1.22 bits per heavy atom. The molecule has 3 rings (SSSR count). The summed E-state index contributed by atoms with van der Waals surface area (Å²) in [5.74, 6) is 0.685. The second-order valence-electron chi connectivity index (χ2n) is 5.14. The Bertz CT molecular complexity index is 948. The van der Waals surface area contributed by atoms with Gasteiger partial charge < -0.3 is 4.74 Å². The second kappa shape index (κ2) is 5.92. The van der Waals surface area contributed by atoms with E-state index in [0.717, 1.165) is 16.5 Å². The second-order valence-corrected chi connectivity index (χ2v) is 6.82. The first-order chi connectivity index (χ1) is 11.0. The molecule has 0 saturated carbocycles. The number of nitrogens with one attached hydrogen (secondary N) is 2. The molecule has 23 heavy (non-hydrogen) atoms. The van der Waals surface area contributed by atoms with E-state index in [0.29, 0.717) is 18.0 Å². The molecule has 0 amide bonds. The Morgan fingerprint density at radius 2 is 2.04 bits per heavy atom. The molecule has 120 valence electrons.